The average molecular weight is 208 g/mol. The molecule has 3 heteroatoms. The van der Waals surface area contributed by atoms with Crippen molar-refractivity contribution in [3.8, 4) is 0 Å². The highest BCUT2D eigenvalue weighted by Gasteiger charge is 2.14. The minimum atomic E-state index is 0.757. The lowest BCUT2D eigenvalue weighted by molar-refractivity contribution is 0.627. The van der Waals surface area contributed by atoms with Crippen molar-refractivity contribution in [2.45, 2.75) is 32.2 Å². The number of fused-ring (bicyclic) bond motifs is 1. The molecule has 0 unspecified atom stereocenters. The largest absolute Gasteiger partial charge is 0.330 e. The van der Waals surface area contributed by atoms with E-state index in [4.69, 9.17) is 0 Å². The first kappa shape index (κ1) is 9.84. The van der Waals surface area contributed by atoms with Crippen LogP contribution in [0.4, 0.5) is 0 Å². The Labute approximate surface area is 90.4 Å². The van der Waals surface area contributed by atoms with Gasteiger partial charge in [-0.1, -0.05) is 6.58 Å². The Bertz CT molecular complexity index is 341. The third kappa shape index (κ3) is 1.87. The summed E-state index contributed by atoms with van der Waals surface area (Å²) in [4.78, 5) is 4.44. The topological polar surface area (TPSA) is 17.8 Å². The quantitative estimate of drug-likeness (QED) is 0.596. The average Bonchev–Trinajstić information content (AvgIpc) is 2.62. The molecule has 0 N–H and O–H groups in total. The number of rotatable bonds is 3. The Morgan fingerprint density at radius 3 is 3.07 bits per heavy atom. The first-order valence-corrected chi connectivity index (χ1v) is 5.75. The van der Waals surface area contributed by atoms with Crippen LogP contribution in [-0.4, -0.2) is 15.3 Å². The number of hydrogen-bond donors (Lipinski definition) is 1. The fourth-order valence-corrected chi connectivity index (χ4v) is 2.06. The van der Waals surface area contributed by atoms with Crippen LogP contribution >= 0.6 is 12.6 Å². The lowest BCUT2D eigenvalue weighted by atomic mass is 10.0. The summed E-state index contributed by atoms with van der Waals surface area (Å²) in [7, 11) is 0. The Morgan fingerprint density at radius 2 is 2.29 bits per heavy atom. The third-order valence-electron chi connectivity index (χ3n) is 2.73. The number of aromatic nitrogens is 2. The number of nitrogens with zero attached hydrogens (tertiary/aromatic N) is 2. The van der Waals surface area contributed by atoms with Gasteiger partial charge in [0.15, 0.2) is 0 Å². The van der Waals surface area contributed by atoms with Crippen LogP contribution in [0.2, 0.25) is 0 Å². The van der Waals surface area contributed by atoms with Crippen molar-refractivity contribution in [3.63, 3.8) is 0 Å². The van der Waals surface area contributed by atoms with E-state index >= 15 is 0 Å². The number of imidazole rings is 1. The molecule has 1 aliphatic rings. The van der Waals surface area contributed by atoms with Gasteiger partial charge in [0.1, 0.15) is 0 Å². The summed E-state index contributed by atoms with van der Waals surface area (Å²) < 4.78 is 2.23. The van der Waals surface area contributed by atoms with Gasteiger partial charge in [0.25, 0.3) is 0 Å². The summed E-state index contributed by atoms with van der Waals surface area (Å²) in [6, 6.07) is 0. The van der Waals surface area contributed by atoms with E-state index < -0.39 is 0 Å². The second kappa shape index (κ2) is 4.22. The standard InChI is InChI=1S/C11H16N2S/c1-9(7-14)6-13-8-12-10-4-2-3-5-11(10)13/h8,14H,1-7H2. The van der Waals surface area contributed by atoms with Crippen LogP contribution in [0.3, 0.4) is 0 Å². The van der Waals surface area contributed by atoms with Crippen molar-refractivity contribution in [3.05, 3.63) is 29.9 Å². The van der Waals surface area contributed by atoms with Crippen LogP contribution in [0.25, 0.3) is 0 Å². The molecule has 0 radical (unpaired) electrons. The van der Waals surface area contributed by atoms with Gasteiger partial charge in [-0.3, -0.25) is 0 Å². The molecule has 0 bridgehead atoms. The second-order valence-electron chi connectivity index (χ2n) is 3.88. The van der Waals surface area contributed by atoms with E-state index in [2.05, 4.69) is 28.8 Å². The fraction of sp³-hybridized carbons (Fsp3) is 0.545. The molecule has 2 rings (SSSR count). The molecule has 0 saturated carbocycles. The lowest BCUT2D eigenvalue weighted by Crippen LogP contribution is -2.09. The predicted molar refractivity (Wildman–Crippen MR) is 61.9 cm³/mol. The van der Waals surface area contributed by atoms with Crippen molar-refractivity contribution in [2.24, 2.45) is 0 Å². The van der Waals surface area contributed by atoms with Crippen LogP contribution in [0.5, 0.6) is 0 Å². The van der Waals surface area contributed by atoms with E-state index in [-0.39, 0.29) is 0 Å². The van der Waals surface area contributed by atoms with Crippen molar-refractivity contribution in [1.29, 1.82) is 0 Å². The number of aryl methyl sites for hydroxylation is 1. The molecule has 14 heavy (non-hydrogen) atoms. The maximum atomic E-state index is 4.44. The SMILES string of the molecule is C=C(CS)Cn1cnc2c1CCCC2. The zero-order chi connectivity index (χ0) is 9.97. The van der Waals surface area contributed by atoms with Gasteiger partial charge in [-0.2, -0.15) is 12.6 Å². The van der Waals surface area contributed by atoms with E-state index in [0.29, 0.717) is 0 Å². The highest BCUT2D eigenvalue weighted by atomic mass is 32.1. The molecule has 0 amide bonds. The lowest BCUT2D eigenvalue weighted by Gasteiger charge is -2.14. The van der Waals surface area contributed by atoms with Crippen molar-refractivity contribution in [1.82, 2.24) is 9.55 Å². The van der Waals surface area contributed by atoms with Crippen LogP contribution in [0, 0.1) is 0 Å². The van der Waals surface area contributed by atoms with Crippen LogP contribution < -0.4 is 0 Å². The first-order valence-electron chi connectivity index (χ1n) is 5.11. The minimum Gasteiger partial charge on any atom is -0.330 e. The molecular weight excluding hydrogens is 192 g/mol. The number of thiol groups is 1. The molecule has 76 valence electrons. The van der Waals surface area contributed by atoms with E-state index in [0.717, 1.165) is 24.3 Å². The zero-order valence-electron chi connectivity index (χ0n) is 8.37. The van der Waals surface area contributed by atoms with Gasteiger partial charge >= 0.3 is 0 Å². The van der Waals surface area contributed by atoms with Crippen molar-refractivity contribution >= 4 is 12.6 Å². The smallest absolute Gasteiger partial charge is 0.0954 e. The van der Waals surface area contributed by atoms with Crippen LogP contribution in [0.1, 0.15) is 24.2 Å². The third-order valence-corrected chi connectivity index (χ3v) is 3.17. The van der Waals surface area contributed by atoms with Crippen molar-refractivity contribution in [2.75, 3.05) is 5.75 Å². The van der Waals surface area contributed by atoms with E-state index in [1.54, 1.807) is 0 Å². The van der Waals surface area contributed by atoms with Gasteiger partial charge in [0.05, 0.1) is 12.0 Å². The molecule has 2 nitrogen and oxygen atoms in total. The Kier molecular flexibility index (Phi) is 2.96. The van der Waals surface area contributed by atoms with Gasteiger partial charge < -0.3 is 4.57 Å². The highest BCUT2D eigenvalue weighted by Crippen LogP contribution is 2.20. The van der Waals surface area contributed by atoms with E-state index in [1.165, 1.54) is 30.7 Å². The van der Waals surface area contributed by atoms with Gasteiger partial charge in [-0.05, 0) is 31.3 Å². The maximum absolute atomic E-state index is 4.44. The van der Waals surface area contributed by atoms with E-state index in [1.807, 2.05) is 6.33 Å². The molecule has 1 aliphatic carbocycles. The highest BCUT2D eigenvalue weighted by molar-refractivity contribution is 7.80. The summed E-state index contributed by atoms with van der Waals surface area (Å²) in [5, 5.41) is 0. The molecule has 0 aromatic carbocycles. The molecule has 0 saturated heterocycles. The molecule has 0 fully saturated rings. The predicted octanol–water partition coefficient (Wildman–Crippen LogP) is 2.25. The summed E-state index contributed by atoms with van der Waals surface area (Å²) in [5.74, 6) is 0.757. The summed E-state index contributed by atoms with van der Waals surface area (Å²) in [5.41, 5.74) is 3.86. The van der Waals surface area contributed by atoms with Gasteiger partial charge in [0.2, 0.25) is 0 Å². The first-order chi connectivity index (χ1) is 6.81. The molecule has 1 aromatic rings. The molecule has 1 heterocycles. The Balaban J connectivity index is 2.18. The molecule has 0 atom stereocenters. The van der Waals surface area contributed by atoms with Crippen molar-refractivity contribution < 1.29 is 0 Å². The Hall–Kier alpha value is -0.700. The minimum absolute atomic E-state index is 0.757. The van der Waals surface area contributed by atoms with Gasteiger partial charge in [0, 0.05) is 18.0 Å². The molecule has 0 aliphatic heterocycles. The normalized spacial score (nSPS) is 15.2. The monoisotopic (exact) mass is 208 g/mol. The zero-order valence-corrected chi connectivity index (χ0v) is 9.26. The molecule has 1 aromatic heterocycles. The number of hydrogen-bond acceptors (Lipinski definition) is 2. The second-order valence-corrected chi connectivity index (χ2v) is 4.20. The van der Waals surface area contributed by atoms with Gasteiger partial charge in [-0.25, -0.2) is 4.98 Å². The fourth-order valence-electron chi connectivity index (χ4n) is 1.96. The van der Waals surface area contributed by atoms with Crippen LogP contribution in [0.15, 0.2) is 18.5 Å². The summed E-state index contributed by atoms with van der Waals surface area (Å²) in [6.45, 7) is 4.85. The molecular formula is C11H16N2S. The molecule has 0 spiro atoms. The summed E-state index contributed by atoms with van der Waals surface area (Å²) in [6.07, 6.45) is 6.86. The van der Waals surface area contributed by atoms with Gasteiger partial charge in [-0.15, -0.1) is 0 Å². The van der Waals surface area contributed by atoms with E-state index in [9.17, 15) is 0 Å². The maximum Gasteiger partial charge on any atom is 0.0954 e. The van der Waals surface area contributed by atoms with Crippen LogP contribution in [-0.2, 0) is 19.4 Å². The summed E-state index contributed by atoms with van der Waals surface area (Å²) >= 11 is 4.22. The Morgan fingerprint density at radius 1 is 1.50 bits per heavy atom.